The van der Waals surface area contributed by atoms with Crippen LogP contribution in [0.15, 0.2) is 0 Å². The minimum Gasteiger partial charge on any atom is -0.353 e. The van der Waals surface area contributed by atoms with E-state index in [1.807, 2.05) is 6.92 Å². The highest BCUT2D eigenvalue weighted by Crippen LogP contribution is 2.17. The molecule has 0 spiro atoms. The van der Waals surface area contributed by atoms with E-state index in [-0.39, 0.29) is 0 Å². The number of rotatable bonds is 2. The summed E-state index contributed by atoms with van der Waals surface area (Å²) in [6, 6.07) is 0. The fourth-order valence-electron chi connectivity index (χ4n) is 1.51. The zero-order chi connectivity index (χ0) is 8.27. The van der Waals surface area contributed by atoms with Crippen LogP contribution in [0.3, 0.4) is 0 Å². The lowest BCUT2D eigenvalue weighted by Crippen LogP contribution is -2.34. The molecule has 0 aromatic rings. The monoisotopic (exact) mass is 151 g/mol. The van der Waals surface area contributed by atoms with Gasteiger partial charge < -0.3 is 4.81 Å². The van der Waals surface area contributed by atoms with Crippen LogP contribution in [-0.4, -0.2) is 31.7 Å². The number of Topliss-reactive ketones (excluding diaryl/α,β-unsaturated/α-hetero) is 1. The van der Waals surface area contributed by atoms with Crippen LogP contribution in [0.25, 0.3) is 0 Å². The summed E-state index contributed by atoms with van der Waals surface area (Å²) in [5.41, 5.74) is 0. The lowest BCUT2D eigenvalue weighted by atomic mass is 9.90. The van der Waals surface area contributed by atoms with Gasteiger partial charge in [-0.1, -0.05) is 6.92 Å². The molecule has 11 heavy (non-hydrogen) atoms. The predicted octanol–water partition coefficient (Wildman–Crippen LogP) is 0.761. The molecule has 0 aliphatic carbocycles. The van der Waals surface area contributed by atoms with Crippen molar-refractivity contribution >= 4 is 13.8 Å². The third-order valence-electron chi connectivity index (χ3n) is 2.33. The second kappa shape index (κ2) is 3.91. The molecule has 1 fully saturated rings. The molecule has 1 aliphatic rings. The van der Waals surface area contributed by atoms with E-state index in [1.54, 1.807) is 4.81 Å². The molecule has 0 N–H and O–H groups in total. The molecule has 2 radical (unpaired) electrons. The third kappa shape index (κ3) is 2.33. The molecule has 2 nitrogen and oxygen atoms in total. The molecular weight excluding hydrogens is 137 g/mol. The Morgan fingerprint density at radius 3 is 2.55 bits per heavy atom. The summed E-state index contributed by atoms with van der Waals surface area (Å²) < 4.78 is 0. The van der Waals surface area contributed by atoms with Gasteiger partial charge in [-0.05, 0) is 25.9 Å². The van der Waals surface area contributed by atoms with Crippen LogP contribution in [-0.2, 0) is 4.79 Å². The van der Waals surface area contributed by atoms with Crippen molar-refractivity contribution in [3.63, 3.8) is 0 Å². The molecular formula is C8H14BNO. The zero-order valence-corrected chi connectivity index (χ0v) is 7.05. The molecule has 60 valence electrons. The van der Waals surface area contributed by atoms with E-state index in [9.17, 15) is 4.79 Å². The molecule has 0 atom stereocenters. The Hall–Kier alpha value is -0.305. The molecule has 1 saturated heterocycles. The summed E-state index contributed by atoms with van der Waals surface area (Å²) in [7, 11) is 5.56. The van der Waals surface area contributed by atoms with Crippen LogP contribution in [0, 0.1) is 5.92 Å². The van der Waals surface area contributed by atoms with Crippen LogP contribution >= 0.6 is 0 Å². The summed E-state index contributed by atoms with van der Waals surface area (Å²) in [6.45, 7) is 3.67. The minimum atomic E-state index is 0.291. The van der Waals surface area contributed by atoms with E-state index in [4.69, 9.17) is 7.98 Å². The van der Waals surface area contributed by atoms with Crippen LogP contribution in [0.1, 0.15) is 26.2 Å². The Bertz CT molecular complexity index is 141. The quantitative estimate of drug-likeness (QED) is 0.543. The molecule has 1 aliphatic heterocycles. The lowest BCUT2D eigenvalue weighted by Gasteiger charge is -2.28. The first-order valence-electron chi connectivity index (χ1n) is 4.26. The molecule has 0 bridgehead atoms. The highest BCUT2D eigenvalue weighted by Gasteiger charge is 2.20. The fraction of sp³-hybridized carbons (Fsp3) is 0.875. The van der Waals surface area contributed by atoms with Crippen molar-refractivity contribution in [2.24, 2.45) is 5.92 Å². The number of piperidine rings is 1. The summed E-state index contributed by atoms with van der Waals surface area (Å²) in [4.78, 5) is 13.0. The molecule has 3 heteroatoms. The Morgan fingerprint density at radius 2 is 2.09 bits per heavy atom. The van der Waals surface area contributed by atoms with Crippen LogP contribution in [0.5, 0.6) is 0 Å². The fourth-order valence-corrected chi connectivity index (χ4v) is 1.51. The second-order valence-corrected chi connectivity index (χ2v) is 3.13. The number of carbonyl (C=O) groups excluding carboxylic acids is 1. The maximum atomic E-state index is 11.2. The zero-order valence-electron chi connectivity index (χ0n) is 7.05. The topological polar surface area (TPSA) is 20.3 Å². The molecule has 0 saturated carbocycles. The smallest absolute Gasteiger partial charge is 0.182 e. The van der Waals surface area contributed by atoms with Crippen LogP contribution < -0.4 is 0 Å². The van der Waals surface area contributed by atoms with E-state index in [0.717, 1.165) is 25.9 Å². The van der Waals surface area contributed by atoms with E-state index >= 15 is 0 Å². The first kappa shape index (κ1) is 8.79. The van der Waals surface area contributed by atoms with Gasteiger partial charge in [0.05, 0.1) is 0 Å². The molecule has 0 aromatic heterocycles. The highest BCUT2D eigenvalue weighted by atomic mass is 16.1. The normalized spacial score (nSPS) is 21.9. The molecule has 1 rings (SSSR count). The van der Waals surface area contributed by atoms with Crippen molar-refractivity contribution < 1.29 is 4.79 Å². The number of ketones is 1. The number of hydrogen-bond donors (Lipinski definition) is 0. The van der Waals surface area contributed by atoms with Gasteiger partial charge in [-0.3, -0.25) is 4.79 Å². The molecule has 1 heterocycles. The molecule has 0 aromatic carbocycles. The minimum absolute atomic E-state index is 0.291. The van der Waals surface area contributed by atoms with Crippen molar-refractivity contribution in [1.82, 2.24) is 4.81 Å². The van der Waals surface area contributed by atoms with Crippen LogP contribution in [0.4, 0.5) is 0 Å². The van der Waals surface area contributed by atoms with Crippen molar-refractivity contribution in [2.75, 3.05) is 13.1 Å². The Morgan fingerprint density at radius 1 is 1.55 bits per heavy atom. The van der Waals surface area contributed by atoms with Gasteiger partial charge in [0.1, 0.15) is 5.78 Å². The maximum Gasteiger partial charge on any atom is 0.182 e. The highest BCUT2D eigenvalue weighted by molar-refractivity contribution is 6.04. The van der Waals surface area contributed by atoms with Gasteiger partial charge in [0, 0.05) is 12.3 Å². The maximum absolute atomic E-state index is 11.2. The number of hydrogen-bond acceptors (Lipinski definition) is 2. The van der Waals surface area contributed by atoms with E-state index in [1.165, 1.54) is 0 Å². The average Bonchev–Trinajstić information content (AvgIpc) is 2.05. The van der Waals surface area contributed by atoms with Crippen LogP contribution in [0.2, 0.25) is 0 Å². The second-order valence-electron chi connectivity index (χ2n) is 3.13. The summed E-state index contributed by atoms with van der Waals surface area (Å²) >= 11 is 0. The van der Waals surface area contributed by atoms with E-state index < -0.39 is 0 Å². The summed E-state index contributed by atoms with van der Waals surface area (Å²) in [5.74, 6) is 0.693. The average molecular weight is 151 g/mol. The Labute approximate surface area is 69.4 Å². The molecule has 0 amide bonds. The van der Waals surface area contributed by atoms with Gasteiger partial charge in [-0.2, -0.15) is 0 Å². The van der Waals surface area contributed by atoms with Crippen molar-refractivity contribution in [1.29, 1.82) is 0 Å². The summed E-state index contributed by atoms with van der Waals surface area (Å²) in [6.07, 6.45) is 2.57. The van der Waals surface area contributed by atoms with Gasteiger partial charge in [0.15, 0.2) is 7.98 Å². The number of nitrogens with zero attached hydrogens (tertiary/aromatic N) is 1. The number of carbonyl (C=O) groups is 1. The first-order chi connectivity index (χ1) is 5.24. The standard InChI is InChI=1S/C8H14BNO/c1-2-8(11)7-3-5-10(9)6-4-7/h7H,2-6H2,1H3. The lowest BCUT2D eigenvalue weighted by molar-refractivity contribution is -0.123. The van der Waals surface area contributed by atoms with Gasteiger partial charge in [0.25, 0.3) is 0 Å². The SMILES string of the molecule is [B]N1CCC(C(=O)CC)CC1. The van der Waals surface area contributed by atoms with Gasteiger partial charge in [-0.25, -0.2) is 0 Å². The van der Waals surface area contributed by atoms with Crippen molar-refractivity contribution in [2.45, 2.75) is 26.2 Å². The predicted molar refractivity (Wildman–Crippen MR) is 45.3 cm³/mol. The van der Waals surface area contributed by atoms with Gasteiger partial charge in [-0.15, -0.1) is 0 Å². The first-order valence-corrected chi connectivity index (χ1v) is 4.26. The van der Waals surface area contributed by atoms with Gasteiger partial charge >= 0.3 is 0 Å². The van der Waals surface area contributed by atoms with E-state index in [2.05, 4.69) is 0 Å². The summed E-state index contributed by atoms with van der Waals surface area (Å²) in [5, 5.41) is 0. The Balaban J connectivity index is 2.33. The van der Waals surface area contributed by atoms with Gasteiger partial charge in [0.2, 0.25) is 0 Å². The van der Waals surface area contributed by atoms with Crippen molar-refractivity contribution in [3.8, 4) is 0 Å². The van der Waals surface area contributed by atoms with Crippen molar-refractivity contribution in [3.05, 3.63) is 0 Å². The van der Waals surface area contributed by atoms with E-state index in [0.29, 0.717) is 18.1 Å². The third-order valence-corrected chi connectivity index (χ3v) is 2.33. The molecule has 0 unspecified atom stereocenters. The Kier molecular flexibility index (Phi) is 3.12. The largest absolute Gasteiger partial charge is 0.353 e.